The molecule has 0 aliphatic heterocycles. The second-order valence-corrected chi connectivity index (χ2v) is 6.83. The van der Waals surface area contributed by atoms with Gasteiger partial charge in [-0.1, -0.05) is 51.1 Å². The Balaban J connectivity index is 2.18. The van der Waals surface area contributed by atoms with Crippen LogP contribution in [0.2, 0.25) is 0 Å². The zero-order chi connectivity index (χ0) is 15.0. The molecule has 0 heterocycles. The molecular formula is C17H23NO2. The number of rotatable bonds is 4. The Morgan fingerprint density at radius 2 is 1.70 bits per heavy atom. The molecular weight excluding hydrogens is 250 g/mol. The molecule has 0 spiro atoms. The topological polar surface area (TPSA) is 46.2 Å². The van der Waals surface area contributed by atoms with E-state index in [4.69, 9.17) is 0 Å². The van der Waals surface area contributed by atoms with E-state index in [1.807, 2.05) is 51.1 Å². The molecule has 0 aromatic heterocycles. The molecule has 1 amide bonds. The van der Waals surface area contributed by atoms with Crippen LogP contribution in [0.5, 0.6) is 0 Å². The van der Waals surface area contributed by atoms with Crippen molar-refractivity contribution in [2.45, 2.75) is 52.0 Å². The quantitative estimate of drug-likeness (QED) is 0.917. The second kappa shape index (κ2) is 5.04. The SMILES string of the molecule is CC(=O)[C@@H](NC(=O)C1(c2ccccc2)CC1)C(C)(C)C. The largest absolute Gasteiger partial charge is 0.345 e. The van der Waals surface area contributed by atoms with E-state index in [0.29, 0.717) is 0 Å². The fourth-order valence-electron chi connectivity index (χ4n) is 2.73. The Kier molecular flexibility index (Phi) is 3.72. The summed E-state index contributed by atoms with van der Waals surface area (Å²) >= 11 is 0. The molecule has 1 aliphatic carbocycles. The van der Waals surface area contributed by atoms with Crippen molar-refractivity contribution < 1.29 is 9.59 Å². The van der Waals surface area contributed by atoms with Crippen LogP contribution in [-0.4, -0.2) is 17.7 Å². The van der Waals surface area contributed by atoms with Crippen molar-refractivity contribution in [2.24, 2.45) is 5.41 Å². The van der Waals surface area contributed by atoms with Crippen LogP contribution in [0, 0.1) is 5.41 Å². The van der Waals surface area contributed by atoms with Crippen LogP contribution in [0.15, 0.2) is 30.3 Å². The van der Waals surface area contributed by atoms with E-state index in [1.54, 1.807) is 0 Å². The van der Waals surface area contributed by atoms with E-state index in [9.17, 15) is 9.59 Å². The first-order chi connectivity index (χ1) is 9.27. The first-order valence-electron chi connectivity index (χ1n) is 7.14. The van der Waals surface area contributed by atoms with Gasteiger partial charge in [0.1, 0.15) is 0 Å². The van der Waals surface area contributed by atoms with Gasteiger partial charge in [0, 0.05) is 0 Å². The van der Waals surface area contributed by atoms with E-state index in [0.717, 1.165) is 18.4 Å². The second-order valence-electron chi connectivity index (χ2n) is 6.83. The molecule has 1 N–H and O–H groups in total. The van der Waals surface area contributed by atoms with Crippen LogP contribution in [0.25, 0.3) is 0 Å². The summed E-state index contributed by atoms with van der Waals surface area (Å²) in [4.78, 5) is 24.4. The third kappa shape index (κ3) is 2.77. The summed E-state index contributed by atoms with van der Waals surface area (Å²) in [6.45, 7) is 7.46. The van der Waals surface area contributed by atoms with Crippen molar-refractivity contribution in [2.75, 3.05) is 0 Å². The van der Waals surface area contributed by atoms with Crippen LogP contribution < -0.4 is 5.32 Å². The first kappa shape index (κ1) is 14.8. The van der Waals surface area contributed by atoms with Crippen molar-refractivity contribution in [3.05, 3.63) is 35.9 Å². The predicted octanol–water partition coefficient (Wildman–Crippen LogP) is 2.84. The highest BCUT2D eigenvalue weighted by Gasteiger charge is 2.52. The van der Waals surface area contributed by atoms with Gasteiger partial charge in [-0.2, -0.15) is 0 Å². The predicted molar refractivity (Wildman–Crippen MR) is 79.4 cm³/mol. The summed E-state index contributed by atoms with van der Waals surface area (Å²) in [5.41, 5.74) is 0.364. The summed E-state index contributed by atoms with van der Waals surface area (Å²) < 4.78 is 0. The first-order valence-corrected chi connectivity index (χ1v) is 7.14. The highest BCUT2D eigenvalue weighted by molar-refractivity contribution is 5.95. The number of amides is 1. The Morgan fingerprint density at radius 3 is 2.10 bits per heavy atom. The molecule has 3 heteroatoms. The third-order valence-corrected chi connectivity index (χ3v) is 4.06. The van der Waals surface area contributed by atoms with Gasteiger partial charge in [-0.3, -0.25) is 9.59 Å². The van der Waals surface area contributed by atoms with Gasteiger partial charge in [-0.05, 0) is 30.7 Å². The molecule has 1 saturated carbocycles. The van der Waals surface area contributed by atoms with Crippen molar-refractivity contribution in [1.82, 2.24) is 5.32 Å². The van der Waals surface area contributed by atoms with Crippen molar-refractivity contribution in [1.29, 1.82) is 0 Å². The number of hydrogen-bond acceptors (Lipinski definition) is 2. The van der Waals surface area contributed by atoms with E-state index in [-0.39, 0.29) is 17.1 Å². The van der Waals surface area contributed by atoms with Crippen LogP contribution >= 0.6 is 0 Å². The Labute approximate surface area is 120 Å². The van der Waals surface area contributed by atoms with Gasteiger partial charge in [0.15, 0.2) is 5.78 Å². The molecule has 0 unspecified atom stereocenters. The maximum atomic E-state index is 12.6. The summed E-state index contributed by atoms with van der Waals surface area (Å²) in [5.74, 6) is -0.00598. The lowest BCUT2D eigenvalue weighted by atomic mass is 9.83. The number of carbonyl (C=O) groups excluding carboxylic acids is 2. The van der Waals surface area contributed by atoms with Crippen molar-refractivity contribution in [3.8, 4) is 0 Å². The molecule has 1 fully saturated rings. The number of hydrogen-bond donors (Lipinski definition) is 1. The smallest absolute Gasteiger partial charge is 0.231 e. The minimum atomic E-state index is -0.434. The van der Waals surface area contributed by atoms with Crippen molar-refractivity contribution >= 4 is 11.7 Å². The van der Waals surface area contributed by atoms with Crippen LogP contribution in [0.4, 0.5) is 0 Å². The molecule has 3 nitrogen and oxygen atoms in total. The van der Waals surface area contributed by atoms with Crippen LogP contribution in [-0.2, 0) is 15.0 Å². The van der Waals surface area contributed by atoms with Crippen LogP contribution in [0.1, 0.15) is 46.1 Å². The fourth-order valence-corrected chi connectivity index (χ4v) is 2.73. The molecule has 2 rings (SSSR count). The average molecular weight is 273 g/mol. The van der Waals surface area contributed by atoms with Crippen molar-refractivity contribution in [3.63, 3.8) is 0 Å². The maximum Gasteiger partial charge on any atom is 0.231 e. The van der Waals surface area contributed by atoms with Gasteiger partial charge in [0.25, 0.3) is 0 Å². The maximum absolute atomic E-state index is 12.6. The Bertz CT molecular complexity index is 510. The number of benzene rings is 1. The van der Waals surface area contributed by atoms with Gasteiger partial charge < -0.3 is 5.32 Å². The zero-order valence-corrected chi connectivity index (χ0v) is 12.7. The number of carbonyl (C=O) groups is 2. The number of Topliss-reactive ketones (excluding diaryl/α,β-unsaturated/α-hetero) is 1. The fraction of sp³-hybridized carbons (Fsp3) is 0.529. The highest BCUT2D eigenvalue weighted by Crippen LogP contribution is 2.48. The Morgan fingerprint density at radius 1 is 1.15 bits per heavy atom. The normalized spacial score (nSPS) is 18.2. The van der Waals surface area contributed by atoms with E-state index < -0.39 is 11.5 Å². The molecule has 1 aliphatic rings. The van der Waals surface area contributed by atoms with Gasteiger partial charge in [0.05, 0.1) is 11.5 Å². The minimum Gasteiger partial charge on any atom is -0.345 e. The van der Waals surface area contributed by atoms with Gasteiger partial charge in [-0.25, -0.2) is 0 Å². The lowest BCUT2D eigenvalue weighted by molar-refractivity contribution is -0.130. The lowest BCUT2D eigenvalue weighted by Gasteiger charge is -2.31. The third-order valence-electron chi connectivity index (χ3n) is 4.06. The molecule has 1 aromatic carbocycles. The van der Waals surface area contributed by atoms with E-state index in [1.165, 1.54) is 6.92 Å². The molecule has 0 radical (unpaired) electrons. The highest BCUT2D eigenvalue weighted by atomic mass is 16.2. The van der Waals surface area contributed by atoms with Gasteiger partial charge in [-0.15, -0.1) is 0 Å². The summed E-state index contributed by atoms with van der Waals surface area (Å²) in [6.07, 6.45) is 1.72. The minimum absolute atomic E-state index is 0.00899. The Hall–Kier alpha value is -1.64. The number of nitrogens with one attached hydrogen (secondary N) is 1. The molecule has 1 aromatic rings. The lowest BCUT2D eigenvalue weighted by Crippen LogP contribution is -2.51. The monoisotopic (exact) mass is 273 g/mol. The van der Waals surface area contributed by atoms with E-state index >= 15 is 0 Å². The molecule has 0 bridgehead atoms. The van der Waals surface area contributed by atoms with E-state index in [2.05, 4.69) is 5.32 Å². The van der Waals surface area contributed by atoms with Gasteiger partial charge >= 0.3 is 0 Å². The average Bonchev–Trinajstić information content (AvgIpc) is 3.16. The molecule has 1 atom stereocenters. The molecule has 108 valence electrons. The summed E-state index contributed by atoms with van der Waals surface area (Å²) in [6, 6.07) is 9.41. The molecule has 20 heavy (non-hydrogen) atoms. The number of ketones is 1. The summed E-state index contributed by atoms with van der Waals surface area (Å²) in [7, 11) is 0. The van der Waals surface area contributed by atoms with Crippen LogP contribution in [0.3, 0.4) is 0 Å². The molecule has 0 saturated heterocycles. The van der Waals surface area contributed by atoms with Gasteiger partial charge in [0.2, 0.25) is 5.91 Å². The zero-order valence-electron chi connectivity index (χ0n) is 12.7. The standard InChI is InChI=1S/C17H23NO2/c1-12(19)14(16(2,3)4)18-15(20)17(10-11-17)13-8-6-5-7-9-13/h5-9,14H,10-11H2,1-4H3,(H,18,20)/t14-/m1/s1. The summed E-state index contributed by atoms with van der Waals surface area (Å²) in [5, 5.41) is 2.97.